The maximum Gasteiger partial charge on any atom is 0.311 e. The van der Waals surface area contributed by atoms with Crippen molar-refractivity contribution in [3.8, 4) is 0 Å². The molecule has 0 aromatic rings. The van der Waals surface area contributed by atoms with E-state index in [0.717, 1.165) is 19.3 Å². The van der Waals surface area contributed by atoms with Crippen LogP contribution >= 0.6 is 0 Å². The van der Waals surface area contributed by atoms with Crippen molar-refractivity contribution in [1.29, 1.82) is 0 Å². The first-order valence-corrected chi connectivity index (χ1v) is 8.64. The molecule has 0 radical (unpaired) electrons. The van der Waals surface area contributed by atoms with Gasteiger partial charge < -0.3 is 20.1 Å². The van der Waals surface area contributed by atoms with Crippen molar-refractivity contribution in [1.82, 2.24) is 10.2 Å². The van der Waals surface area contributed by atoms with Gasteiger partial charge in [-0.15, -0.1) is 0 Å². The summed E-state index contributed by atoms with van der Waals surface area (Å²) in [6.45, 7) is 2.11. The van der Waals surface area contributed by atoms with Gasteiger partial charge in [0.1, 0.15) is 5.54 Å². The molecular formula is C17H24N2O5. The quantitative estimate of drug-likeness (QED) is 0.731. The predicted octanol–water partition coefficient (Wildman–Crippen LogP) is 0.551. The Bertz CT molecular complexity index is 547. The van der Waals surface area contributed by atoms with Gasteiger partial charge in [-0.25, -0.2) is 0 Å². The SMILES string of the molecule is O=C(NC1(C(=O)N2CCOCC2)CCCCC1)[C@H]1C=C[C@H]1C(=O)O. The van der Waals surface area contributed by atoms with Crippen LogP contribution in [0.4, 0.5) is 0 Å². The number of rotatable bonds is 4. The first-order valence-electron chi connectivity index (χ1n) is 8.64. The van der Waals surface area contributed by atoms with E-state index in [-0.39, 0.29) is 11.8 Å². The molecule has 3 rings (SSSR count). The highest BCUT2D eigenvalue weighted by Gasteiger charge is 2.46. The van der Waals surface area contributed by atoms with Gasteiger partial charge >= 0.3 is 5.97 Å². The maximum absolute atomic E-state index is 13.1. The fourth-order valence-corrected chi connectivity index (χ4v) is 3.76. The third-order valence-corrected chi connectivity index (χ3v) is 5.28. The van der Waals surface area contributed by atoms with Crippen molar-refractivity contribution in [2.24, 2.45) is 11.8 Å². The normalized spacial score (nSPS) is 28.8. The van der Waals surface area contributed by atoms with E-state index in [1.807, 2.05) is 0 Å². The number of hydrogen-bond acceptors (Lipinski definition) is 4. The van der Waals surface area contributed by atoms with Crippen molar-refractivity contribution >= 4 is 17.8 Å². The molecule has 0 aromatic carbocycles. The number of morpholine rings is 1. The first kappa shape index (κ1) is 17.0. The van der Waals surface area contributed by atoms with Crippen molar-refractivity contribution in [2.75, 3.05) is 26.3 Å². The van der Waals surface area contributed by atoms with Crippen LogP contribution in [0.1, 0.15) is 32.1 Å². The van der Waals surface area contributed by atoms with E-state index < -0.39 is 23.3 Å². The summed E-state index contributed by atoms with van der Waals surface area (Å²) in [5.74, 6) is -2.87. The van der Waals surface area contributed by atoms with E-state index >= 15 is 0 Å². The molecule has 3 aliphatic rings. The van der Waals surface area contributed by atoms with Crippen molar-refractivity contribution in [2.45, 2.75) is 37.6 Å². The zero-order valence-corrected chi connectivity index (χ0v) is 13.7. The van der Waals surface area contributed by atoms with Crippen molar-refractivity contribution in [3.63, 3.8) is 0 Å². The van der Waals surface area contributed by atoms with Crippen LogP contribution in [0.25, 0.3) is 0 Å². The lowest BCUT2D eigenvalue weighted by atomic mass is 9.77. The summed E-state index contributed by atoms with van der Waals surface area (Å²) in [6, 6.07) is 0. The molecular weight excluding hydrogens is 312 g/mol. The second-order valence-corrected chi connectivity index (χ2v) is 6.81. The van der Waals surface area contributed by atoms with Crippen molar-refractivity contribution < 1.29 is 24.2 Å². The number of nitrogens with zero attached hydrogens (tertiary/aromatic N) is 1. The standard InChI is InChI=1S/C17H24N2O5/c20-14(12-4-5-13(12)15(21)22)18-17(6-2-1-3-7-17)16(23)19-8-10-24-11-9-19/h4-5,12-13H,1-3,6-11H2,(H,18,20)(H,21,22)/t12-,13+/m0/s1. The maximum atomic E-state index is 13.1. The molecule has 2 aliphatic carbocycles. The molecule has 1 saturated heterocycles. The summed E-state index contributed by atoms with van der Waals surface area (Å²) >= 11 is 0. The van der Waals surface area contributed by atoms with Crippen LogP contribution in [0.5, 0.6) is 0 Å². The van der Waals surface area contributed by atoms with Gasteiger partial charge in [-0.2, -0.15) is 0 Å². The monoisotopic (exact) mass is 336 g/mol. The van der Waals surface area contributed by atoms with Gasteiger partial charge in [-0.05, 0) is 12.8 Å². The minimum Gasteiger partial charge on any atom is -0.481 e. The predicted molar refractivity (Wildman–Crippen MR) is 85.1 cm³/mol. The Hall–Kier alpha value is -1.89. The highest BCUT2D eigenvalue weighted by Crippen LogP contribution is 2.33. The summed E-state index contributed by atoms with van der Waals surface area (Å²) in [4.78, 5) is 38.5. The number of ether oxygens (including phenoxy) is 1. The van der Waals surface area contributed by atoms with Gasteiger partial charge in [-0.3, -0.25) is 14.4 Å². The number of amides is 2. The Morgan fingerprint density at radius 1 is 1.04 bits per heavy atom. The van der Waals surface area contributed by atoms with Gasteiger partial charge in [-0.1, -0.05) is 31.4 Å². The second-order valence-electron chi connectivity index (χ2n) is 6.81. The van der Waals surface area contributed by atoms with Crippen LogP contribution in [0.2, 0.25) is 0 Å². The minimum absolute atomic E-state index is 0.0472. The Kier molecular flexibility index (Phi) is 4.89. The van der Waals surface area contributed by atoms with Gasteiger partial charge in [0.25, 0.3) is 0 Å². The zero-order chi connectivity index (χ0) is 17.2. The molecule has 0 aromatic heterocycles. The van der Waals surface area contributed by atoms with Crippen LogP contribution in [-0.2, 0) is 19.1 Å². The molecule has 0 unspecified atom stereocenters. The lowest BCUT2D eigenvalue weighted by Gasteiger charge is -2.42. The topological polar surface area (TPSA) is 95.9 Å². The van der Waals surface area contributed by atoms with E-state index in [4.69, 9.17) is 9.84 Å². The summed E-state index contributed by atoms with van der Waals surface area (Å²) in [5.41, 5.74) is -0.890. The van der Waals surface area contributed by atoms with Crippen molar-refractivity contribution in [3.05, 3.63) is 12.2 Å². The van der Waals surface area contributed by atoms with Crippen LogP contribution in [0.3, 0.4) is 0 Å². The lowest BCUT2D eigenvalue weighted by molar-refractivity contribution is -0.149. The molecule has 1 heterocycles. The molecule has 0 spiro atoms. The van der Waals surface area contributed by atoms with E-state index in [9.17, 15) is 14.4 Å². The average molecular weight is 336 g/mol. The Labute approximate surface area is 141 Å². The molecule has 1 saturated carbocycles. The average Bonchev–Trinajstić information content (AvgIpc) is 2.54. The molecule has 7 nitrogen and oxygen atoms in total. The number of carbonyl (C=O) groups is 3. The number of carboxylic acids is 1. The number of carboxylic acid groups (broad SMARTS) is 1. The summed E-state index contributed by atoms with van der Waals surface area (Å²) in [5, 5.41) is 12.0. The third kappa shape index (κ3) is 3.17. The van der Waals surface area contributed by atoms with Crippen LogP contribution in [0, 0.1) is 11.8 Å². The van der Waals surface area contributed by atoms with Gasteiger partial charge in [0, 0.05) is 13.1 Å². The van der Waals surface area contributed by atoms with Gasteiger partial charge in [0.15, 0.2) is 0 Å². The van der Waals surface area contributed by atoms with Crippen LogP contribution in [0.15, 0.2) is 12.2 Å². The Morgan fingerprint density at radius 2 is 1.67 bits per heavy atom. The fraction of sp³-hybridized carbons (Fsp3) is 0.706. The molecule has 0 bridgehead atoms. The first-order chi connectivity index (χ1) is 11.5. The smallest absolute Gasteiger partial charge is 0.311 e. The van der Waals surface area contributed by atoms with Gasteiger partial charge in [0.2, 0.25) is 11.8 Å². The number of nitrogens with one attached hydrogen (secondary N) is 1. The van der Waals surface area contributed by atoms with E-state index in [2.05, 4.69) is 5.32 Å². The second kappa shape index (κ2) is 6.93. The lowest BCUT2D eigenvalue weighted by Crippen LogP contribution is -2.63. The molecule has 2 amide bonds. The fourth-order valence-electron chi connectivity index (χ4n) is 3.76. The largest absolute Gasteiger partial charge is 0.481 e. The van der Waals surface area contributed by atoms with E-state index in [0.29, 0.717) is 39.1 Å². The number of hydrogen-bond donors (Lipinski definition) is 2. The number of aliphatic carboxylic acids is 1. The molecule has 7 heteroatoms. The zero-order valence-electron chi connectivity index (χ0n) is 13.7. The van der Waals surface area contributed by atoms with E-state index in [1.54, 1.807) is 11.0 Å². The summed E-state index contributed by atoms with van der Waals surface area (Å²) in [6.07, 6.45) is 7.17. The third-order valence-electron chi connectivity index (χ3n) is 5.28. The van der Waals surface area contributed by atoms with Gasteiger partial charge in [0.05, 0.1) is 25.0 Å². The highest BCUT2D eigenvalue weighted by molar-refractivity contribution is 5.95. The molecule has 2 N–H and O–H groups in total. The van der Waals surface area contributed by atoms with E-state index in [1.165, 1.54) is 6.08 Å². The molecule has 2 atom stereocenters. The molecule has 1 aliphatic heterocycles. The minimum atomic E-state index is -1.00. The Morgan fingerprint density at radius 3 is 2.21 bits per heavy atom. The highest BCUT2D eigenvalue weighted by atomic mass is 16.5. The molecule has 24 heavy (non-hydrogen) atoms. The van der Waals surface area contributed by atoms with Crippen LogP contribution in [-0.4, -0.2) is 59.6 Å². The molecule has 132 valence electrons. The number of carbonyl (C=O) groups excluding carboxylic acids is 2. The summed E-state index contributed by atoms with van der Waals surface area (Å²) in [7, 11) is 0. The molecule has 2 fully saturated rings. The summed E-state index contributed by atoms with van der Waals surface area (Å²) < 4.78 is 5.30. The Balaban J connectivity index is 1.73. The van der Waals surface area contributed by atoms with Crippen LogP contribution < -0.4 is 5.32 Å².